The summed E-state index contributed by atoms with van der Waals surface area (Å²) in [7, 11) is 0. The van der Waals surface area contributed by atoms with Crippen molar-refractivity contribution in [3.63, 3.8) is 0 Å². The van der Waals surface area contributed by atoms with Gasteiger partial charge < -0.3 is 9.88 Å². The first-order chi connectivity index (χ1) is 10.5. The molecule has 0 bridgehead atoms. The van der Waals surface area contributed by atoms with Crippen LogP contribution in [-0.2, 0) is 5.67 Å². The van der Waals surface area contributed by atoms with Crippen LogP contribution < -0.4 is 5.43 Å². The Morgan fingerprint density at radius 2 is 2.05 bits per heavy atom. The average molecular weight is 304 g/mol. The fraction of sp³-hybridized carbons (Fsp3) is 0.250. The Hall–Kier alpha value is -2.50. The molecule has 1 aromatic heterocycles. The standard InChI is InChI=1S/C16H14F2N2O2/c17-13-4-2-1-3-12(13)16(18)6-8-20(10-16)15(22)14-9-11(21)5-7-19-14/h1-5,7,9H,6,8,10H2,(H,19,21)/t16-/m0/s1. The molecule has 1 saturated heterocycles. The Bertz CT molecular complexity index is 774. The summed E-state index contributed by atoms with van der Waals surface area (Å²) in [6.07, 6.45) is 1.39. The number of carbonyl (C=O) groups excluding carboxylic acids is 1. The molecule has 2 aromatic rings. The number of aromatic amines is 1. The van der Waals surface area contributed by atoms with Gasteiger partial charge in [-0.15, -0.1) is 0 Å². The van der Waals surface area contributed by atoms with Gasteiger partial charge in [0.1, 0.15) is 11.5 Å². The van der Waals surface area contributed by atoms with Crippen LogP contribution in [0.25, 0.3) is 0 Å². The molecule has 1 aromatic carbocycles. The number of hydrogen-bond acceptors (Lipinski definition) is 2. The highest BCUT2D eigenvalue weighted by Crippen LogP contribution is 2.37. The molecule has 6 heteroatoms. The second-order valence-electron chi connectivity index (χ2n) is 5.36. The summed E-state index contributed by atoms with van der Waals surface area (Å²) in [6, 6.07) is 8.13. The number of benzene rings is 1. The molecule has 0 aliphatic carbocycles. The number of likely N-dealkylation sites (tertiary alicyclic amines) is 1. The van der Waals surface area contributed by atoms with Gasteiger partial charge in [0, 0.05) is 36.9 Å². The molecule has 1 amide bonds. The van der Waals surface area contributed by atoms with E-state index in [9.17, 15) is 14.0 Å². The minimum absolute atomic E-state index is 0.0245. The third-order valence-corrected chi connectivity index (χ3v) is 3.87. The molecule has 0 saturated carbocycles. The number of carbonyl (C=O) groups is 1. The predicted molar refractivity (Wildman–Crippen MR) is 76.8 cm³/mol. The van der Waals surface area contributed by atoms with Gasteiger partial charge in [0.2, 0.25) is 0 Å². The molecular formula is C16H14F2N2O2. The Balaban J connectivity index is 1.84. The molecule has 1 aliphatic heterocycles. The zero-order chi connectivity index (χ0) is 15.7. The second kappa shape index (κ2) is 5.36. The number of alkyl halides is 1. The highest BCUT2D eigenvalue weighted by atomic mass is 19.1. The summed E-state index contributed by atoms with van der Waals surface area (Å²) >= 11 is 0. The van der Waals surface area contributed by atoms with Gasteiger partial charge in [0.05, 0.1) is 6.54 Å². The summed E-state index contributed by atoms with van der Waals surface area (Å²) in [5.74, 6) is -1.08. The van der Waals surface area contributed by atoms with Crippen LogP contribution in [0.15, 0.2) is 47.4 Å². The predicted octanol–water partition coefficient (Wildman–Crippen LogP) is 2.22. The number of nitrogens with zero attached hydrogens (tertiary/aromatic N) is 1. The van der Waals surface area contributed by atoms with Crippen LogP contribution in [0.1, 0.15) is 22.5 Å². The van der Waals surface area contributed by atoms with Gasteiger partial charge in [0.25, 0.3) is 5.91 Å². The van der Waals surface area contributed by atoms with Crippen molar-refractivity contribution in [2.45, 2.75) is 12.1 Å². The zero-order valence-electron chi connectivity index (χ0n) is 11.7. The number of H-pyrrole nitrogens is 1. The fourth-order valence-corrected chi connectivity index (χ4v) is 2.73. The molecule has 0 radical (unpaired) electrons. The van der Waals surface area contributed by atoms with Gasteiger partial charge in [-0.25, -0.2) is 8.78 Å². The highest BCUT2D eigenvalue weighted by molar-refractivity contribution is 5.92. The number of nitrogens with one attached hydrogen (secondary N) is 1. The Morgan fingerprint density at radius 1 is 1.27 bits per heavy atom. The lowest BCUT2D eigenvalue weighted by Gasteiger charge is -2.21. The van der Waals surface area contributed by atoms with Gasteiger partial charge >= 0.3 is 0 Å². The van der Waals surface area contributed by atoms with Gasteiger partial charge in [-0.3, -0.25) is 9.59 Å². The molecule has 4 nitrogen and oxygen atoms in total. The normalized spacial score (nSPS) is 21.1. The first kappa shape index (κ1) is 14.4. The number of pyridine rings is 1. The lowest BCUT2D eigenvalue weighted by atomic mass is 9.94. The van der Waals surface area contributed by atoms with E-state index in [1.165, 1.54) is 41.4 Å². The van der Waals surface area contributed by atoms with E-state index in [0.717, 1.165) is 0 Å². The van der Waals surface area contributed by atoms with E-state index in [1.54, 1.807) is 6.07 Å². The van der Waals surface area contributed by atoms with E-state index in [2.05, 4.69) is 4.98 Å². The van der Waals surface area contributed by atoms with Crippen LogP contribution in [0, 0.1) is 5.82 Å². The van der Waals surface area contributed by atoms with E-state index in [0.29, 0.717) is 0 Å². The first-order valence-electron chi connectivity index (χ1n) is 6.91. The van der Waals surface area contributed by atoms with Crippen molar-refractivity contribution >= 4 is 5.91 Å². The number of aromatic nitrogens is 1. The molecule has 22 heavy (non-hydrogen) atoms. The van der Waals surface area contributed by atoms with Crippen LogP contribution in [0.3, 0.4) is 0 Å². The van der Waals surface area contributed by atoms with Gasteiger partial charge in [-0.2, -0.15) is 0 Å². The maximum atomic E-state index is 15.0. The van der Waals surface area contributed by atoms with Crippen LogP contribution >= 0.6 is 0 Å². The summed E-state index contributed by atoms with van der Waals surface area (Å²) in [5.41, 5.74) is -2.14. The van der Waals surface area contributed by atoms with Crippen LogP contribution in [0.5, 0.6) is 0 Å². The fourth-order valence-electron chi connectivity index (χ4n) is 2.73. The smallest absolute Gasteiger partial charge is 0.270 e. The van der Waals surface area contributed by atoms with Crippen molar-refractivity contribution in [2.75, 3.05) is 13.1 Å². The van der Waals surface area contributed by atoms with Crippen molar-refractivity contribution in [1.82, 2.24) is 9.88 Å². The molecule has 2 heterocycles. The van der Waals surface area contributed by atoms with Crippen LogP contribution in [0.2, 0.25) is 0 Å². The van der Waals surface area contributed by atoms with E-state index in [4.69, 9.17) is 0 Å². The SMILES string of the molecule is O=C(c1cc(=O)cc[nH]1)N1CC[C@@](F)(c2ccccc2F)C1. The van der Waals surface area contributed by atoms with Crippen molar-refractivity contribution in [2.24, 2.45) is 0 Å². The van der Waals surface area contributed by atoms with Gasteiger partial charge in [-0.1, -0.05) is 18.2 Å². The minimum Gasteiger partial charge on any atom is -0.357 e. The van der Waals surface area contributed by atoms with E-state index >= 15 is 4.39 Å². The summed E-state index contributed by atoms with van der Waals surface area (Å²) < 4.78 is 28.8. The molecular weight excluding hydrogens is 290 g/mol. The highest BCUT2D eigenvalue weighted by Gasteiger charge is 2.43. The van der Waals surface area contributed by atoms with Crippen molar-refractivity contribution < 1.29 is 13.6 Å². The summed E-state index contributed by atoms with van der Waals surface area (Å²) in [4.78, 5) is 27.6. The van der Waals surface area contributed by atoms with Crippen molar-refractivity contribution in [1.29, 1.82) is 0 Å². The topological polar surface area (TPSA) is 53.2 Å². The lowest BCUT2D eigenvalue weighted by Crippen LogP contribution is -2.33. The molecule has 0 unspecified atom stereocenters. The molecule has 114 valence electrons. The summed E-state index contributed by atoms with van der Waals surface area (Å²) in [6.45, 7) is -0.0652. The maximum absolute atomic E-state index is 15.0. The average Bonchev–Trinajstić information content (AvgIpc) is 2.90. The van der Waals surface area contributed by atoms with Crippen LogP contribution in [0.4, 0.5) is 8.78 Å². The monoisotopic (exact) mass is 304 g/mol. The largest absolute Gasteiger partial charge is 0.357 e. The Kier molecular flexibility index (Phi) is 3.52. The van der Waals surface area contributed by atoms with E-state index in [1.807, 2.05) is 0 Å². The Labute approximate surface area is 125 Å². The quantitative estimate of drug-likeness (QED) is 0.925. The number of hydrogen-bond donors (Lipinski definition) is 1. The number of rotatable bonds is 2. The Morgan fingerprint density at radius 3 is 2.77 bits per heavy atom. The van der Waals surface area contributed by atoms with Gasteiger partial charge in [0.15, 0.2) is 11.1 Å². The molecule has 3 rings (SSSR count). The minimum atomic E-state index is -1.91. The second-order valence-corrected chi connectivity index (χ2v) is 5.36. The molecule has 0 spiro atoms. The van der Waals surface area contributed by atoms with E-state index in [-0.39, 0.29) is 36.2 Å². The third kappa shape index (κ3) is 2.52. The summed E-state index contributed by atoms with van der Waals surface area (Å²) in [5, 5.41) is 0. The lowest BCUT2D eigenvalue weighted by molar-refractivity contribution is 0.0742. The zero-order valence-corrected chi connectivity index (χ0v) is 11.7. The van der Waals surface area contributed by atoms with Crippen molar-refractivity contribution in [3.8, 4) is 0 Å². The molecule has 1 atom stereocenters. The number of amides is 1. The molecule has 1 fully saturated rings. The molecule has 1 N–H and O–H groups in total. The van der Waals surface area contributed by atoms with Crippen LogP contribution in [-0.4, -0.2) is 28.9 Å². The third-order valence-electron chi connectivity index (χ3n) is 3.87. The molecule has 1 aliphatic rings. The van der Waals surface area contributed by atoms with Gasteiger partial charge in [-0.05, 0) is 6.07 Å². The number of halogens is 2. The van der Waals surface area contributed by atoms with E-state index < -0.39 is 17.4 Å². The van der Waals surface area contributed by atoms with Crippen molar-refractivity contribution in [3.05, 3.63) is 69.9 Å². The maximum Gasteiger partial charge on any atom is 0.270 e. The first-order valence-corrected chi connectivity index (χ1v) is 6.91.